The van der Waals surface area contributed by atoms with Gasteiger partial charge in [0.05, 0.1) is 12.1 Å². The average molecular weight is 380 g/mol. The zero-order valence-corrected chi connectivity index (χ0v) is 14.7. The largest absolute Gasteiger partial charge is 0.472 e. The van der Waals surface area contributed by atoms with Crippen LogP contribution < -0.4 is 10.1 Å². The van der Waals surface area contributed by atoms with Gasteiger partial charge in [0.25, 0.3) is 0 Å². The molecule has 1 aliphatic rings. The Morgan fingerprint density at radius 1 is 1.33 bits per heavy atom. The van der Waals surface area contributed by atoms with Crippen LogP contribution in [-0.4, -0.2) is 40.1 Å². The Morgan fingerprint density at radius 3 is 2.89 bits per heavy atom. The Kier molecular flexibility index (Phi) is 5.48. The van der Waals surface area contributed by atoms with E-state index in [9.17, 15) is 18.0 Å². The summed E-state index contributed by atoms with van der Waals surface area (Å²) in [4.78, 5) is 22.1. The summed E-state index contributed by atoms with van der Waals surface area (Å²) in [5.41, 5.74) is -0.705. The van der Waals surface area contributed by atoms with Gasteiger partial charge in [-0.3, -0.25) is 0 Å². The molecule has 2 aromatic rings. The van der Waals surface area contributed by atoms with Gasteiger partial charge in [-0.25, -0.2) is 9.78 Å². The number of amides is 2. The molecule has 1 saturated heterocycles. The van der Waals surface area contributed by atoms with E-state index in [1.165, 1.54) is 17.0 Å². The quantitative estimate of drug-likeness (QED) is 0.878. The lowest BCUT2D eigenvalue weighted by Gasteiger charge is -2.32. The first-order chi connectivity index (χ1) is 12.8. The van der Waals surface area contributed by atoms with E-state index in [0.29, 0.717) is 24.8 Å². The molecule has 0 bridgehead atoms. The Labute approximate surface area is 154 Å². The molecular weight excluding hydrogens is 361 g/mol. The number of aryl methyl sites for hydroxylation is 1. The van der Waals surface area contributed by atoms with Crippen LogP contribution in [-0.2, 0) is 6.18 Å². The third-order valence-corrected chi connectivity index (χ3v) is 4.14. The van der Waals surface area contributed by atoms with Gasteiger partial charge in [0.1, 0.15) is 11.9 Å². The molecule has 6 nitrogen and oxygen atoms in total. The number of aromatic nitrogens is 2. The minimum Gasteiger partial charge on any atom is -0.472 e. The first-order valence-electron chi connectivity index (χ1n) is 8.51. The lowest BCUT2D eigenvalue weighted by atomic mass is 10.1. The third-order valence-electron chi connectivity index (χ3n) is 4.14. The van der Waals surface area contributed by atoms with Crippen LogP contribution in [0.4, 0.5) is 23.7 Å². The molecule has 3 rings (SSSR count). The van der Waals surface area contributed by atoms with Crippen LogP contribution in [0, 0.1) is 6.92 Å². The van der Waals surface area contributed by atoms with Crippen LogP contribution in [0.25, 0.3) is 0 Å². The number of nitrogens with zero attached hydrogens (tertiary/aromatic N) is 3. The Hall–Kier alpha value is -2.84. The fourth-order valence-electron chi connectivity index (χ4n) is 2.87. The second-order valence-electron chi connectivity index (χ2n) is 6.28. The number of carbonyl (C=O) groups is 1. The molecule has 1 fully saturated rings. The van der Waals surface area contributed by atoms with Crippen molar-refractivity contribution in [1.82, 2.24) is 14.9 Å². The van der Waals surface area contributed by atoms with E-state index in [1.807, 2.05) is 0 Å². The first kappa shape index (κ1) is 18.9. The summed E-state index contributed by atoms with van der Waals surface area (Å²) in [5.74, 6) is 1.02. The summed E-state index contributed by atoms with van der Waals surface area (Å²) in [6.45, 7) is 2.59. The monoisotopic (exact) mass is 380 g/mol. The van der Waals surface area contributed by atoms with Gasteiger partial charge in [0, 0.05) is 24.5 Å². The summed E-state index contributed by atoms with van der Waals surface area (Å²) >= 11 is 0. The number of hydrogen-bond donors (Lipinski definition) is 1. The van der Waals surface area contributed by atoms with Gasteiger partial charge in [-0.1, -0.05) is 6.07 Å². The molecule has 144 valence electrons. The summed E-state index contributed by atoms with van der Waals surface area (Å²) in [6, 6.07) is 5.76. The van der Waals surface area contributed by atoms with Crippen molar-refractivity contribution >= 4 is 11.7 Å². The molecule has 0 spiro atoms. The number of halogens is 3. The molecule has 2 amide bonds. The second kappa shape index (κ2) is 7.81. The zero-order valence-electron chi connectivity index (χ0n) is 14.7. The number of benzene rings is 1. The molecule has 0 saturated carbocycles. The molecule has 1 aromatic carbocycles. The second-order valence-corrected chi connectivity index (χ2v) is 6.28. The van der Waals surface area contributed by atoms with Crippen molar-refractivity contribution in [1.29, 1.82) is 0 Å². The van der Waals surface area contributed by atoms with Crippen LogP contribution in [0.1, 0.15) is 24.2 Å². The van der Waals surface area contributed by atoms with Crippen molar-refractivity contribution in [3.63, 3.8) is 0 Å². The van der Waals surface area contributed by atoms with Crippen molar-refractivity contribution in [2.75, 3.05) is 18.4 Å². The van der Waals surface area contributed by atoms with Crippen LogP contribution in [0.5, 0.6) is 5.88 Å². The van der Waals surface area contributed by atoms with Crippen molar-refractivity contribution in [2.24, 2.45) is 0 Å². The highest BCUT2D eigenvalue weighted by atomic mass is 19.4. The molecule has 1 atom stereocenters. The van der Waals surface area contributed by atoms with Crippen molar-refractivity contribution in [3.05, 3.63) is 47.9 Å². The molecule has 0 aliphatic carbocycles. The van der Waals surface area contributed by atoms with Gasteiger partial charge in [0.15, 0.2) is 0 Å². The summed E-state index contributed by atoms with van der Waals surface area (Å²) in [6.07, 6.45) is -1.61. The number of hydrogen-bond acceptors (Lipinski definition) is 4. The molecule has 1 aliphatic heterocycles. The first-order valence-corrected chi connectivity index (χ1v) is 8.51. The highest BCUT2D eigenvalue weighted by molar-refractivity contribution is 5.89. The minimum absolute atomic E-state index is 0.101. The number of rotatable bonds is 3. The van der Waals surface area contributed by atoms with Gasteiger partial charge >= 0.3 is 12.2 Å². The molecule has 9 heteroatoms. The smallest absolute Gasteiger partial charge is 0.416 e. The van der Waals surface area contributed by atoms with Gasteiger partial charge in [-0.2, -0.15) is 18.2 Å². The normalized spacial score (nSPS) is 17.5. The molecule has 1 N–H and O–H groups in total. The highest BCUT2D eigenvalue weighted by Gasteiger charge is 2.31. The maximum atomic E-state index is 12.8. The topological polar surface area (TPSA) is 67.3 Å². The number of piperidine rings is 1. The zero-order chi connectivity index (χ0) is 19.4. The standard InChI is InChI=1S/C18H19F3N4O2/c1-12-22-8-7-16(23-12)27-15-6-3-9-25(11-15)17(26)24-14-5-2-4-13(10-14)18(19,20)21/h2,4-5,7-8,10,15H,3,6,9,11H2,1H3,(H,24,26). The van der Waals surface area contributed by atoms with E-state index in [-0.39, 0.29) is 11.8 Å². The van der Waals surface area contributed by atoms with Crippen LogP contribution in [0.15, 0.2) is 36.5 Å². The number of nitrogens with one attached hydrogen (secondary N) is 1. The van der Waals surface area contributed by atoms with E-state index >= 15 is 0 Å². The molecular formula is C18H19F3N4O2. The SMILES string of the molecule is Cc1nccc(OC2CCCN(C(=O)Nc3cccc(C(F)(F)F)c3)C2)n1. The maximum Gasteiger partial charge on any atom is 0.416 e. The lowest BCUT2D eigenvalue weighted by Crippen LogP contribution is -2.46. The van der Waals surface area contributed by atoms with Gasteiger partial charge < -0.3 is 15.0 Å². The van der Waals surface area contributed by atoms with E-state index in [4.69, 9.17) is 4.74 Å². The van der Waals surface area contributed by atoms with E-state index in [1.54, 1.807) is 19.2 Å². The Balaban J connectivity index is 1.61. The van der Waals surface area contributed by atoms with E-state index in [2.05, 4.69) is 15.3 Å². The lowest BCUT2D eigenvalue weighted by molar-refractivity contribution is -0.137. The number of alkyl halides is 3. The molecule has 1 aromatic heterocycles. The van der Waals surface area contributed by atoms with Crippen LogP contribution in [0.3, 0.4) is 0 Å². The van der Waals surface area contributed by atoms with Gasteiger partial charge in [-0.05, 0) is 38.0 Å². The fraction of sp³-hybridized carbons (Fsp3) is 0.389. The van der Waals surface area contributed by atoms with E-state index < -0.39 is 17.8 Å². The fourth-order valence-corrected chi connectivity index (χ4v) is 2.87. The molecule has 27 heavy (non-hydrogen) atoms. The predicted molar refractivity (Wildman–Crippen MR) is 92.5 cm³/mol. The van der Waals surface area contributed by atoms with Crippen molar-refractivity contribution in [2.45, 2.75) is 32.0 Å². The van der Waals surface area contributed by atoms with Crippen LogP contribution in [0.2, 0.25) is 0 Å². The number of carbonyl (C=O) groups excluding carboxylic acids is 1. The highest BCUT2D eigenvalue weighted by Crippen LogP contribution is 2.30. The average Bonchev–Trinajstić information content (AvgIpc) is 2.61. The predicted octanol–water partition coefficient (Wildman–Crippen LogP) is 3.88. The summed E-state index contributed by atoms with van der Waals surface area (Å²) < 4.78 is 44.2. The number of urea groups is 1. The number of ether oxygens (including phenoxy) is 1. The van der Waals surface area contributed by atoms with Crippen LogP contribution >= 0.6 is 0 Å². The molecule has 2 heterocycles. The Morgan fingerprint density at radius 2 is 2.15 bits per heavy atom. The van der Waals surface area contributed by atoms with Gasteiger partial charge in [-0.15, -0.1) is 0 Å². The van der Waals surface area contributed by atoms with Gasteiger partial charge in [0.2, 0.25) is 5.88 Å². The van der Waals surface area contributed by atoms with Crippen molar-refractivity contribution in [3.8, 4) is 5.88 Å². The minimum atomic E-state index is -4.46. The number of likely N-dealkylation sites (tertiary alicyclic amines) is 1. The number of anilines is 1. The maximum absolute atomic E-state index is 12.8. The summed E-state index contributed by atoms with van der Waals surface area (Å²) in [7, 11) is 0. The summed E-state index contributed by atoms with van der Waals surface area (Å²) in [5, 5.41) is 2.52. The molecule has 1 unspecified atom stereocenters. The van der Waals surface area contributed by atoms with E-state index in [0.717, 1.165) is 25.0 Å². The Bertz CT molecular complexity index is 813. The third kappa shape index (κ3) is 5.08. The van der Waals surface area contributed by atoms with Crippen molar-refractivity contribution < 1.29 is 22.7 Å². The molecule has 0 radical (unpaired) electrons.